The van der Waals surface area contributed by atoms with Crippen LogP contribution in [-0.2, 0) is 35.9 Å². The van der Waals surface area contributed by atoms with Crippen molar-refractivity contribution in [3.05, 3.63) is 30.6 Å². The van der Waals surface area contributed by atoms with Crippen molar-refractivity contribution >= 4 is 67.9 Å². The Bertz CT molecular complexity index is 368. The van der Waals surface area contributed by atoms with Gasteiger partial charge in [0.1, 0.15) is 11.4 Å². The zero-order valence-electron chi connectivity index (χ0n) is 7.27. The van der Waals surface area contributed by atoms with Gasteiger partial charge in [0.15, 0.2) is 39.8 Å². The number of pyridine rings is 1. The van der Waals surface area contributed by atoms with Gasteiger partial charge < -0.3 is 12.2 Å². The first-order chi connectivity index (χ1) is 6.56. The Morgan fingerprint density at radius 1 is 1.36 bits per heavy atom. The molecule has 1 aromatic rings. The summed E-state index contributed by atoms with van der Waals surface area (Å²) in [6, 6.07) is 5.84. The first-order valence-corrected chi connectivity index (χ1v) is 13.5. The average Bonchev–Trinajstić information content (AvgIpc) is 2.18. The maximum absolute atomic E-state index is 5.44. The summed E-state index contributed by atoms with van der Waals surface area (Å²) in [5.41, 5.74) is 0. The Morgan fingerprint density at radius 3 is 2.43 bits per heavy atom. The third kappa shape index (κ3) is 4.09. The normalized spacial score (nSPS) is 16.0. The molecule has 76 valence electrons. The highest BCUT2D eigenvalue weighted by Crippen LogP contribution is 2.68. The second-order valence-corrected chi connectivity index (χ2v) is 19.8. The van der Waals surface area contributed by atoms with Crippen LogP contribution in [0.3, 0.4) is 0 Å². The van der Waals surface area contributed by atoms with E-state index in [0.717, 1.165) is 0 Å². The number of rotatable bonds is 4. The molecule has 0 saturated carbocycles. The molecule has 0 radical (unpaired) electrons. The van der Waals surface area contributed by atoms with Crippen molar-refractivity contribution in [2.24, 2.45) is 0 Å². The lowest BCUT2D eigenvalue weighted by Gasteiger charge is -2.14. The summed E-state index contributed by atoms with van der Waals surface area (Å²) in [6.07, 6.45) is 5.87. The lowest BCUT2D eigenvalue weighted by molar-refractivity contribution is -0.504. The van der Waals surface area contributed by atoms with E-state index in [-0.39, 0.29) is 0 Å². The smallest absolute Gasteiger partial charge is 0.326 e. The van der Waals surface area contributed by atoms with E-state index in [1.54, 1.807) is 22.4 Å². The Morgan fingerprint density at radius 2 is 1.93 bits per heavy atom. The van der Waals surface area contributed by atoms with Crippen molar-refractivity contribution in [1.29, 1.82) is 0 Å². The Hall–Kier alpha value is 1.37. The van der Waals surface area contributed by atoms with Gasteiger partial charge in [-0.1, -0.05) is 6.07 Å². The van der Waals surface area contributed by atoms with Crippen molar-refractivity contribution in [1.82, 2.24) is 0 Å². The summed E-state index contributed by atoms with van der Waals surface area (Å²) in [5.74, 6) is 0. The predicted octanol–water partition coefficient (Wildman–Crippen LogP) is 3.46. The molecule has 14 heavy (non-hydrogen) atoms. The zero-order chi connectivity index (χ0) is 10.6. The zero-order valence-corrected chi connectivity index (χ0v) is 13.1. The maximum atomic E-state index is 5.44. The monoisotopic (exact) mass is 316 g/mol. The van der Waals surface area contributed by atoms with E-state index in [9.17, 15) is 0 Å². The van der Waals surface area contributed by atoms with Gasteiger partial charge in [0, 0.05) is 18.4 Å². The highest BCUT2D eigenvalue weighted by molar-refractivity contribution is 9.16. The number of hydrogen-bond donors (Lipinski definition) is 0. The van der Waals surface area contributed by atoms with Crippen LogP contribution in [0.5, 0.6) is 0 Å². The predicted molar refractivity (Wildman–Crippen MR) is 79.1 cm³/mol. The van der Waals surface area contributed by atoms with Gasteiger partial charge >= 0.3 is 5.10 Å². The van der Waals surface area contributed by atoms with Crippen LogP contribution in [0.1, 0.15) is 0 Å². The fourth-order valence-corrected chi connectivity index (χ4v) is 21.5. The molecule has 0 spiro atoms. The van der Waals surface area contributed by atoms with Gasteiger partial charge in [0.25, 0.3) is 0 Å². The number of aromatic nitrogens is 1. The minimum absolute atomic E-state index is 0.553. The molecule has 1 aromatic heterocycles. The molecule has 0 aliphatic heterocycles. The summed E-state index contributed by atoms with van der Waals surface area (Å²) in [5, 5.41) is -0.553. The molecule has 8 heteroatoms. The fraction of sp³-hybridized carbons (Fsp3) is 0.167. The molecule has 0 bridgehead atoms. The summed E-state index contributed by atoms with van der Waals surface area (Å²) < 4.78 is -0.0191. The summed E-state index contributed by atoms with van der Waals surface area (Å²) >= 11 is 19.4. The Balaban J connectivity index is 2.86. The van der Waals surface area contributed by atoms with Crippen LogP contribution < -0.4 is 4.34 Å². The van der Waals surface area contributed by atoms with E-state index in [4.69, 9.17) is 35.9 Å². The number of hydrogen-bond acceptors (Lipinski definition) is 5. The molecule has 1 rings (SSSR count). The van der Waals surface area contributed by atoms with Crippen LogP contribution in [0.4, 0.5) is 0 Å². The molecule has 0 aliphatic rings. The molecule has 2 atom stereocenters. The summed E-state index contributed by atoms with van der Waals surface area (Å²) in [6.45, 7) is 0. The highest BCUT2D eigenvalue weighted by atomic mass is 33.5. The molecule has 1 heterocycles. The van der Waals surface area contributed by atoms with Crippen molar-refractivity contribution in [3.8, 4) is 0 Å². The Kier molecular flexibility index (Phi) is 5.94. The van der Waals surface area contributed by atoms with Crippen LogP contribution in [0.2, 0.25) is 0 Å². The fourth-order valence-electron chi connectivity index (χ4n) is 0.713. The molecule has 0 amide bonds. The van der Waals surface area contributed by atoms with Gasteiger partial charge in [-0.2, -0.15) is 4.34 Å². The van der Waals surface area contributed by atoms with Crippen LogP contribution >= 0.6 is 32.1 Å². The van der Waals surface area contributed by atoms with E-state index < -0.39 is 9.69 Å². The SMILES string of the molecule is CS[P+](=S)SP(=S)([S-])[n+]1ccccc1. The van der Waals surface area contributed by atoms with E-state index in [2.05, 4.69) is 0 Å². The van der Waals surface area contributed by atoms with Crippen LogP contribution in [0.15, 0.2) is 30.6 Å². The first-order valence-electron chi connectivity index (χ1n) is 3.55. The van der Waals surface area contributed by atoms with E-state index in [1.165, 1.54) is 0 Å². The topological polar surface area (TPSA) is 3.88 Å². The van der Waals surface area contributed by atoms with Crippen molar-refractivity contribution in [2.45, 2.75) is 0 Å². The summed E-state index contributed by atoms with van der Waals surface area (Å²) in [7, 11) is 0. The van der Waals surface area contributed by atoms with Gasteiger partial charge in [-0.3, -0.25) is 0 Å². The van der Waals surface area contributed by atoms with Crippen LogP contribution in [0, 0.1) is 0 Å². The van der Waals surface area contributed by atoms with Crippen molar-refractivity contribution < 1.29 is 4.34 Å². The standard InChI is InChI=1S/C6H8NP2S5/c1-13-8(10)14-9(11,12)7-5-3-2-4-6-7/h2-6H,1H3/q+1. The third-order valence-electron chi connectivity index (χ3n) is 1.30. The Labute approximate surface area is 108 Å². The van der Waals surface area contributed by atoms with Crippen molar-refractivity contribution in [3.63, 3.8) is 0 Å². The lowest BCUT2D eigenvalue weighted by Crippen LogP contribution is -2.25. The second-order valence-electron chi connectivity index (χ2n) is 2.21. The average molecular weight is 316 g/mol. The van der Waals surface area contributed by atoms with E-state index in [0.29, 0.717) is 0 Å². The summed E-state index contributed by atoms with van der Waals surface area (Å²) in [4.78, 5) is 0. The largest absolute Gasteiger partial charge is 0.662 e. The van der Waals surface area contributed by atoms with Gasteiger partial charge in [-0.25, -0.2) is 0 Å². The van der Waals surface area contributed by atoms with Crippen LogP contribution in [-0.4, -0.2) is 6.26 Å². The van der Waals surface area contributed by atoms with E-state index in [1.807, 2.05) is 41.2 Å². The number of nitrogens with zero attached hydrogens (tertiary/aromatic N) is 1. The van der Waals surface area contributed by atoms with Crippen molar-refractivity contribution in [2.75, 3.05) is 6.26 Å². The minimum Gasteiger partial charge on any atom is -0.662 e. The minimum atomic E-state index is -1.96. The molecule has 1 nitrogen and oxygen atoms in total. The molecule has 0 saturated heterocycles. The van der Waals surface area contributed by atoms with Crippen LogP contribution in [0.25, 0.3) is 0 Å². The molecule has 0 fully saturated rings. The molecule has 2 unspecified atom stereocenters. The van der Waals surface area contributed by atoms with Gasteiger partial charge in [0.2, 0.25) is 0 Å². The second kappa shape index (κ2) is 6.19. The molecule has 0 aliphatic carbocycles. The molecular weight excluding hydrogens is 308 g/mol. The highest BCUT2D eigenvalue weighted by Gasteiger charge is 2.24. The van der Waals surface area contributed by atoms with Gasteiger partial charge in [-0.15, -0.1) is 0 Å². The van der Waals surface area contributed by atoms with E-state index >= 15 is 0 Å². The molecule has 0 aromatic carbocycles. The first kappa shape index (κ1) is 13.4. The molecular formula is C6H8NP2S5+. The molecule has 0 N–H and O–H groups in total. The maximum Gasteiger partial charge on any atom is 0.326 e. The van der Waals surface area contributed by atoms with Gasteiger partial charge in [-0.05, 0) is 11.8 Å². The quantitative estimate of drug-likeness (QED) is 0.616. The third-order valence-corrected chi connectivity index (χ3v) is 19.3. The van der Waals surface area contributed by atoms with Gasteiger partial charge in [0.05, 0.1) is 0 Å². The lowest BCUT2D eigenvalue weighted by atomic mass is 10.5.